The second kappa shape index (κ2) is 6.79. The minimum atomic E-state index is -0.318. The number of aryl methyl sites for hydroxylation is 1. The zero-order valence-electron chi connectivity index (χ0n) is 12.6. The van der Waals surface area contributed by atoms with Gasteiger partial charge in [0.2, 0.25) is 0 Å². The van der Waals surface area contributed by atoms with Crippen LogP contribution in [0.5, 0.6) is 0 Å². The van der Waals surface area contributed by atoms with Crippen LogP contribution in [-0.2, 0) is 0 Å². The van der Waals surface area contributed by atoms with Crippen LogP contribution in [0.15, 0.2) is 65.8 Å². The van der Waals surface area contributed by atoms with Gasteiger partial charge in [-0.25, -0.2) is 14.4 Å². The van der Waals surface area contributed by atoms with Gasteiger partial charge in [0.05, 0.1) is 6.21 Å². The summed E-state index contributed by atoms with van der Waals surface area (Å²) in [6, 6.07) is 17.9. The van der Waals surface area contributed by atoms with E-state index in [2.05, 4.69) is 20.5 Å². The van der Waals surface area contributed by atoms with Crippen LogP contribution in [0.1, 0.15) is 11.3 Å². The second-order valence-electron chi connectivity index (χ2n) is 4.98. The van der Waals surface area contributed by atoms with E-state index in [9.17, 15) is 4.39 Å². The Morgan fingerprint density at radius 1 is 1.00 bits per heavy atom. The summed E-state index contributed by atoms with van der Waals surface area (Å²) in [5, 5.41) is 4.04. The lowest BCUT2D eigenvalue weighted by atomic mass is 10.2. The standard InChI is InChI=1S/C18H15FN4/c1-13-11-17(22-18(21-13)14-7-3-2-4-8-14)23-20-12-15-9-5-6-10-16(15)19/h2-12H,1H3,(H,21,22,23). The summed E-state index contributed by atoms with van der Waals surface area (Å²) >= 11 is 0. The molecule has 0 amide bonds. The van der Waals surface area contributed by atoms with Crippen LogP contribution < -0.4 is 5.43 Å². The van der Waals surface area contributed by atoms with Crippen LogP contribution in [0.4, 0.5) is 10.2 Å². The van der Waals surface area contributed by atoms with Crippen molar-refractivity contribution in [3.8, 4) is 11.4 Å². The lowest BCUT2D eigenvalue weighted by Crippen LogP contribution is -1.99. The third-order valence-corrected chi connectivity index (χ3v) is 3.17. The minimum absolute atomic E-state index is 0.318. The zero-order chi connectivity index (χ0) is 16.1. The van der Waals surface area contributed by atoms with Crippen molar-refractivity contribution in [2.24, 2.45) is 5.10 Å². The number of nitrogens with zero attached hydrogens (tertiary/aromatic N) is 3. The molecule has 0 aliphatic rings. The van der Waals surface area contributed by atoms with Crippen LogP contribution in [-0.4, -0.2) is 16.2 Å². The highest BCUT2D eigenvalue weighted by atomic mass is 19.1. The van der Waals surface area contributed by atoms with Crippen molar-refractivity contribution in [2.75, 3.05) is 5.43 Å². The molecule has 0 radical (unpaired) electrons. The van der Waals surface area contributed by atoms with E-state index in [0.717, 1.165) is 11.3 Å². The third kappa shape index (κ3) is 3.77. The maximum absolute atomic E-state index is 13.5. The van der Waals surface area contributed by atoms with E-state index in [1.807, 2.05) is 37.3 Å². The van der Waals surface area contributed by atoms with Crippen LogP contribution in [0, 0.1) is 12.7 Å². The predicted molar refractivity (Wildman–Crippen MR) is 89.8 cm³/mol. The van der Waals surface area contributed by atoms with Crippen LogP contribution in [0.25, 0.3) is 11.4 Å². The molecule has 0 aliphatic heterocycles. The molecule has 0 unspecified atom stereocenters. The number of benzene rings is 2. The van der Waals surface area contributed by atoms with Crippen LogP contribution >= 0.6 is 0 Å². The predicted octanol–water partition coefficient (Wildman–Crippen LogP) is 4.04. The highest BCUT2D eigenvalue weighted by molar-refractivity contribution is 5.80. The van der Waals surface area contributed by atoms with Gasteiger partial charge < -0.3 is 0 Å². The molecule has 23 heavy (non-hydrogen) atoms. The van der Waals surface area contributed by atoms with Gasteiger partial charge in [-0.1, -0.05) is 48.5 Å². The molecular formula is C18H15FN4. The number of hydrogen-bond acceptors (Lipinski definition) is 4. The Hall–Kier alpha value is -3.08. The zero-order valence-corrected chi connectivity index (χ0v) is 12.6. The smallest absolute Gasteiger partial charge is 0.161 e. The highest BCUT2D eigenvalue weighted by Gasteiger charge is 2.04. The van der Waals surface area contributed by atoms with Crippen molar-refractivity contribution in [1.29, 1.82) is 0 Å². The maximum atomic E-state index is 13.5. The number of hydrogen-bond donors (Lipinski definition) is 1. The van der Waals surface area contributed by atoms with Gasteiger partial charge in [-0.2, -0.15) is 5.10 Å². The summed E-state index contributed by atoms with van der Waals surface area (Å²) in [5.41, 5.74) is 4.98. The summed E-state index contributed by atoms with van der Waals surface area (Å²) in [5.74, 6) is 0.861. The van der Waals surface area contributed by atoms with E-state index >= 15 is 0 Å². The quantitative estimate of drug-likeness (QED) is 0.584. The third-order valence-electron chi connectivity index (χ3n) is 3.17. The summed E-state index contributed by atoms with van der Waals surface area (Å²) in [7, 11) is 0. The molecular weight excluding hydrogens is 291 g/mol. The monoisotopic (exact) mass is 306 g/mol. The molecule has 1 aromatic heterocycles. The molecule has 0 fully saturated rings. The summed E-state index contributed by atoms with van der Waals surface area (Å²) < 4.78 is 13.5. The molecule has 0 spiro atoms. The first-order valence-electron chi connectivity index (χ1n) is 7.17. The first-order valence-corrected chi connectivity index (χ1v) is 7.17. The Bertz CT molecular complexity index is 831. The van der Waals surface area contributed by atoms with E-state index in [-0.39, 0.29) is 5.82 Å². The van der Waals surface area contributed by atoms with Crippen molar-refractivity contribution >= 4 is 12.0 Å². The first-order chi connectivity index (χ1) is 11.2. The molecule has 1 heterocycles. The largest absolute Gasteiger partial charge is 0.261 e. The number of nitrogens with one attached hydrogen (secondary N) is 1. The van der Waals surface area contributed by atoms with Gasteiger partial charge in [0.1, 0.15) is 5.82 Å². The molecule has 1 N–H and O–H groups in total. The van der Waals surface area contributed by atoms with E-state index in [1.165, 1.54) is 12.3 Å². The topological polar surface area (TPSA) is 50.2 Å². The molecule has 3 aromatic rings. The second-order valence-corrected chi connectivity index (χ2v) is 4.98. The Labute approximate surface area is 133 Å². The lowest BCUT2D eigenvalue weighted by Gasteiger charge is -2.05. The molecule has 3 rings (SSSR count). The fourth-order valence-corrected chi connectivity index (χ4v) is 2.09. The van der Waals surface area contributed by atoms with Gasteiger partial charge in [0, 0.05) is 22.9 Å². The van der Waals surface area contributed by atoms with Crippen molar-refractivity contribution in [1.82, 2.24) is 9.97 Å². The van der Waals surface area contributed by atoms with E-state index in [4.69, 9.17) is 0 Å². The SMILES string of the molecule is Cc1cc(NN=Cc2ccccc2F)nc(-c2ccccc2)n1. The lowest BCUT2D eigenvalue weighted by molar-refractivity contribution is 0.626. The van der Waals surface area contributed by atoms with Gasteiger partial charge in [0.25, 0.3) is 0 Å². The Morgan fingerprint density at radius 2 is 1.74 bits per heavy atom. The molecule has 0 saturated heterocycles. The molecule has 2 aromatic carbocycles. The number of hydrazone groups is 1. The summed E-state index contributed by atoms with van der Waals surface area (Å²) in [6.45, 7) is 1.89. The number of anilines is 1. The van der Waals surface area contributed by atoms with E-state index in [0.29, 0.717) is 17.2 Å². The van der Waals surface area contributed by atoms with Crippen LogP contribution in [0.2, 0.25) is 0 Å². The fraction of sp³-hybridized carbons (Fsp3) is 0.0556. The Morgan fingerprint density at radius 3 is 2.52 bits per heavy atom. The highest BCUT2D eigenvalue weighted by Crippen LogP contribution is 2.17. The Kier molecular flexibility index (Phi) is 4.38. The average molecular weight is 306 g/mol. The van der Waals surface area contributed by atoms with Gasteiger partial charge in [-0.3, -0.25) is 5.43 Å². The Balaban J connectivity index is 1.81. The maximum Gasteiger partial charge on any atom is 0.161 e. The number of rotatable bonds is 4. The van der Waals surface area contributed by atoms with Gasteiger partial charge in [-0.15, -0.1) is 0 Å². The summed E-state index contributed by atoms with van der Waals surface area (Å²) in [4.78, 5) is 8.85. The molecule has 0 saturated carbocycles. The fourth-order valence-electron chi connectivity index (χ4n) is 2.09. The van der Waals surface area contributed by atoms with Gasteiger partial charge >= 0.3 is 0 Å². The van der Waals surface area contributed by atoms with Gasteiger partial charge in [0.15, 0.2) is 11.6 Å². The van der Waals surface area contributed by atoms with Crippen molar-refractivity contribution in [2.45, 2.75) is 6.92 Å². The number of aromatic nitrogens is 2. The van der Waals surface area contributed by atoms with Crippen molar-refractivity contribution in [3.63, 3.8) is 0 Å². The van der Waals surface area contributed by atoms with E-state index in [1.54, 1.807) is 24.3 Å². The molecule has 114 valence electrons. The van der Waals surface area contributed by atoms with Crippen molar-refractivity contribution < 1.29 is 4.39 Å². The number of halogens is 1. The van der Waals surface area contributed by atoms with Crippen LogP contribution in [0.3, 0.4) is 0 Å². The van der Waals surface area contributed by atoms with Gasteiger partial charge in [-0.05, 0) is 13.0 Å². The molecule has 0 atom stereocenters. The van der Waals surface area contributed by atoms with E-state index < -0.39 is 0 Å². The summed E-state index contributed by atoms with van der Waals surface area (Å²) in [6.07, 6.45) is 1.43. The molecule has 5 heteroatoms. The molecule has 0 bridgehead atoms. The first kappa shape index (κ1) is 14.8. The average Bonchev–Trinajstić information content (AvgIpc) is 2.57. The molecule has 0 aliphatic carbocycles. The normalized spacial score (nSPS) is 10.9. The van der Waals surface area contributed by atoms with Crippen molar-refractivity contribution in [3.05, 3.63) is 77.7 Å². The molecule has 4 nitrogen and oxygen atoms in total. The minimum Gasteiger partial charge on any atom is -0.261 e.